The van der Waals surface area contributed by atoms with Crippen LogP contribution in [0.4, 0.5) is 5.69 Å². The van der Waals surface area contributed by atoms with Crippen LogP contribution in [0.3, 0.4) is 0 Å². The summed E-state index contributed by atoms with van der Waals surface area (Å²) in [6, 6.07) is 15.9. The lowest BCUT2D eigenvalue weighted by atomic mass is 10.2. The Labute approximate surface area is 156 Å². The quantitative estimate of drug-likeness (QED) is 0.578. The average molecular weight is 365 g/mol. The second-order valence-electron chi connectivity index (χ2n) is 5.55. The number of ether oxygens (including phenoxy) is 1. The summed E-state index contributed by atoms with van der Waals surface area (Å²) in [5.41, 5.74) is 6.70. The lowest BCUT2D eigenvalue weighted by molar-refractivity contribution is -0.120. The molecule has 0 aliphatic rings. The third-order valence-corrected chi connectivity index (χ3v) is 3.76. The molecular formula is C19H19N5O3. The van der Waals surface area contributed by atoms with E-state index in [-0.39, 0.29) is 12.5 Å². The van der Waals surface area contributed by atoms with Gasteiger partial charge in [-0.05, 0) is 42.5 Å². The minimum atomic E-state index is -0.410. The van der Waals surface area contributed by atoms with Gasteiger partial charge in [0.1, 0.15) is 5.75 Å². The van der Waals surface area contributed by atoms with E-state index in [1.165, 1.54) is 0 Å². The van der Waals surface area contributed by atoms with Crippen LogP contribution in [0, 0.1) is 0 Å². The Bertz CT molecular complexity index is 907. The Morgan fingerprint density at radius 2 is 1.81 bits per heavy atom. The van der Waals surface area contributed by atoms with Crippen molar-refractivity contribution in [3.05, 3.63) is 72.6 Å². The molecular weight excluding hydrogens is 346 g/mol. The number of hydrazine groups is 1. The predicted molar refractivity (Wildman–Crippen MR) is 101 cm³/mol. The zero-order valence-electron chi connectivity index (χ0n) is 14.7. The Kier molecular flexibility index (Phi) is 5.68. The van der Waals surface area contributed by atoms with E-state index in [1.807, 2.05) is 24.4 Å². The molecule has 0 bridgehead atoms. The number of benzene rings is 2. The summed E-state index contributed by atoms with van der Waals surface area (Å²) in [6.07, 6.45) is 3.49. The fourth-order valence-electron chi connectivity index (χ4n) is 2.40. The number of rotatable bonds is 6. The normalized spacial score (nSPS) is 10.1. The van der Waals surface area contributed by atoms with Crippen LogP contribution in [-0.4, -0.2) is 35.2 Å². The van der Waals surface area contributed by atoms with Gasteiger partial charge in [0.05, 0.1) is 25.0 Å². The maximum absolute atomic E-state index is 12.1. The molecule has 3 aromatic rings. The lowest BCUT2D eigenvalue weighted by Crippen LogP contribution is -2.44. The number of amides is 2. The molecule has 8 nitrogen and oxygen atoms in total. The van der Waals surface area contributed by atoms with E-state index in [0.29, 0.717) is 17.0 Å². The minimum absolute atomic E-state index is 0.0150. The summed E-state index contributed by atoms with van der Waals surface area (Å²) in [7, 11) is 1.55. The number of hydrogen-bond acceptors (Lipinski definition) is 5. The Morgan fingerprint density at radius 3 is 2.52 bits per heavy atom. The first kappa shape index (κ1) is 18.0. The van der Waals surface area contributed by atoms with Crippen LogP contribution in [-0.2, 0) is 4.79 Å². The topological polar surface area (TPSA) is 97.3 Å². The van der Waals surface area contributed by atoms with Crippen LogP contribution in [0.1, 0.15) is 10.4 Å². The molecule has 0 aliphatic heterocycles. The van der Waals surface area contributed by atoms with Gasteiger partial charge < -0.3 is 10.1 Å². The highest BCUT2D eigenvalue weighted by molar-refractivity contribution is 5.95. The number of anilines is 1. The maximum Gasteiger partial charge on any atom is 0.269 e. The minimum Gasteiger partial charge on any atom is -0.495 e. The number of para-hydroxylation sites is 2. The summed E-state index contributed by atoms with van der Waals surface area (Å²) in [6.45, 7) is -0.0150. The smallest absolute Gasteiger partial charge is 0.269 e. The Hall–Kier alpha value is -3.81. The lowest BCUT2D eigenvalue weighted by Gasteiger charge is -2.11. The molecule has 27 heavy (non-hydrogen) atoms. The van der Waals surface area contributed by atoms with Gasteiger partial charge in [0.15, 0.2) is 0 Å². The number of hydrogen-bond donors (Lipinski definition) is 3. The van der Waals surface area contributed by atoms with Gasteiger partial charge in [-0.25, -0.2) is 4.68 Å². The fourth-order valence-corrected chi connectivity index (χ4v) is 2.40. The molecule has 8 heteroatoms. The van der Waals surface area contributed by atoms with Crippen molar-refractivity contribution in [2.45, 2.75) is 0 Å². The molecule has 138 valence electrons. The molecule has 0 unspecified atom stereocenters. The van der Waals surface area contributed by atoms with Crippen molar-refractivity contribution in [1.29, 1.82) is 0 Å². The van der Waals surface area contributed by atoms with Gasteiger partial charge in [0.2, 0.25) is 0 Å². The third-order valence-electron chi connectivity index (χ3n) is 3.76. The number of nitrogens with one attached hydrogen (secondary N) is 3. The molecule has 3 rings (SSSR count). The van der Waals surface area contributed by atoms with E-state index < -0.39 is 5.91 Å². The molecule has 0 saturated heterocycles. The summed E-state index contributed by atoms with van der Waals surface area (Å²) in [4.78, 5) is 24.1. The van der Waals surface area contributed by atoms with Crippen LogP contribution in [0.5, 0.6) is 5.75 Å². The Morgan fingerprint density at radius 1 is 1.04 bits per heavy atom. The number of carbonyl (C=O) groups excluding carboxylic acids is 2. The van der Waals surface area contributed by atoms with E-state index in [1.54, 1.807) is 54.4 Å². The standard InChI is InChI=1S/C19H19N5O3/c1-27-17-6-3-2-5-16(17)20-13-18(25)22-23-19(26)14-7-9-15(10-8-14)24-12-4-11-21-24/h2-12,20H,13H2,1H3,(H,22,25)(H,23,26). The highest BCUT2D eigenvalue weighted by Crippen LogP contribution is 2.22. The predicted octanol–water partition coefficient (Wildman–Crippen LogP) is 1.75. The van der Waals surface area contributed by atoms with Crippen molar-refractivity contribution in [3.63, 3.8) is 0 Å². The molecule has 3 N–H and O–H groups in total. The number of carbonyl (C=O) groups is 2. The van der Waals surface area contributed by atoms with E-state index >= 15 is 0 Å². The molecule has 0 spiro atoms. The summed E-state index contributed by atoms with van der Waals surface area (Å²) in [5, 5.41) is 7.07. The molecule has 2 amide bonds. The van der Waals surface area contributed by atoms with Gasteiger partial charge in [0, 0.05) is 18.0 Å². The van der Waals surface area contributed by atoms with Gasteiger partial charge in [0.25, 0.3) is 11.8 Å². The average Bonchev–Trinajstić information content (AvgIpc) is 3.25. The van der Waals surface area contributed by atoms with Gasteiger partial charge in [-0.3, -0.25) is 20.4 Å². The second kappa shape index (κ2) is 8.52. The van der Waals surface area contributed by atoms with E-state index in [9.17, 15) is 9.59 Å². The van der Waals surface area contributed by atoms with Crippen LogP contribution >= 0.6 is 0 Å². The highest BCUT2D eigenvalue weighted by atomic mass is 16.5. The summed E-state index contributed by atoms with van der Waals surface area (Å²) in [5.74, 6) is -0.165. The number of nitrogens with zero attached hydrogens (tertiary/aromatic N) is 2. The maximum atomic E-state index is 12.1. The zero-order chi connectivity index (χ0) is 19.1. The van der Waals surface area contributed by atoms with Crippen molar-refractivity contribution in [1.82, 2.24) is 20.6 Å². The summed E-state index contributed by atoms with van der Waals surface area (Å²) >= 11 is 0. The van der Waals surface area contributed by atoms with Crippen LogP contribution in [0.15, 0.2) is 67.0 Å². The molecule has 1 aromatic heterocycles. The largest absolute Gasteiger partial charge is 0.495 e. The van der Waals surface area contributed by atoms with Gasteiger partial charge >= 0.3 is 0 Å². The zero-order valence-corrected chi connectivity index (χ0v) is 14.7. The molecule has 0 atom stereocenters. The van der Waals surface area contributed by atoms with Crippen molar-refractivity contribution in [3.8, 4) is 11.4 Å². The molecule has 1 heterocycles. The van der Waals surface area contributed by atoms with Gasteiger partial charge in [-0.15, -0.1) is 0 Å². The fraction of sp³-hybridized carbons (Fsp3) is 0.105. The first-order valence-electron chi connectivity index (χ1n) is 8.23. The highest BCUT2D eigenvalue weighted by Gasteiger charge is 2.09. The third kappa shape index (κ3) is 4.63. The molecule has 0 aliphatic carbocycles. The Balaban J connectivity index is 1.49. The first-order chi connectivity index (χ1) is 13.2. The van der Waals surface area contributed by atoms with Gasteiger partial charge in [-0.2, -0.15) is 5.10 Å². The molecule has 2 aromatic carbocycles. The number of methoxy groups -OCH3 is 1. The van der Waals surface area contributed by atoms with E-state index in [0.717, 1.165) is 5.69 Å². The monoisotopic (exact) mass is 365 g/mol. The molecule has 0 saturated carbocycles. The summed E-state index contributed by atoms with van der Waals surface area (Å²) < 4.78 is 6.89. The SMILES string of the molecule is COc1ccccc1NCC(=O)NNC(=O)c1ccc(-n2cccn2)cc1. The molecule has 0 fully saturated rings. The van der Waals surface area contributed by atoms with E-state index in [2.05, 4.69) is 21.3 Å². The van der Waals surface area contributed by atoms with Crippen LogP contribution in [0.2, 0.25) is 0 Å². The van der Waals surface area contributed by atoms with Crippen molar-refractivity contribution < 1.29 is 14.3 Å². The number of aromatic nitrogens is 2. The van der Waals surface area contributed by atoms with Crippen LogP contribution < -0.4 is 20.9 Å². The van der Waals surface area contributed by atoms with Gasteiger partial charge in [-0.1, -0.05) is 12.1 Å². The second-order valence-corrected chi connectivity index (χ2v) is 5.55. The van der Waals surface area contributed by atoms with Crippen molar-refractivity contribution >= 4 is 17.5 Å². The van der Waals surface area contributed by atoms with Crippen molar-refractivity contribution in [2.24, 2.45) is 0 Å². The first-order valence-corrected chi connectivity index (χ1v) is 8.23. The molecule has 0 radical (unpaired) electrons. The van der Waals surface area contributed by atoms with E-state index in [4.69, 9.17) is 4.74 Å². The van der Waals surface area contributed by atoms with Crippen molar-refractivity contribution in [2.75, 3.05) is 19.0 Å². The van der Waals surface area contributed by atoms with Crippen LogP contribution in [0.25, 0.3) is 5.69 Å².